The highest BCUT2D eigenvalue weighted by Gasteiger charge is 2.36. The van der Waals surface area contributed by atoms with Gasteiger partial charge in [0.1, 0.15) is 0 Å². The number of likely N-dealkylation sites (tertiary alicyclic amines) is 1. The molecule has 0 aromatic carbocycles. The van der Waals surface area contributed by atoms with E-state index < -0.39 is 0 Å². The van der Waals surface area contributed by atoms with E-state index in [1.54, 1.807) is 0 Å². The molecular formula is C11H22N2. The van der Waals surface area contributed by atoms with E-state index in [0.29, 0.717) is 0 Å². The first kappa shape index (κ1) is 9.47. The van der Waals surface area contributed by atoms with E-state index in [9.17, 15) is 0 Å². The highest BCUT2D eigenvalue weighted by Crippen LogP contribution is 2.34. The fraction of sp³-hybridized carbons (Fsp3) is 1.00. The van der Waals surface area contributed by atoms with Crippen LogP contribution in [0.15, 0.2) is 0 Å². The lowest BCUT2D eigenvalue weighted by molar-refractivity contribution is 0.0615. The van der Waals surface area contributed by atoms with E-state index >= 15 is 0 Å². The van der Waals surface area contributed by atoms with Crippen LogP contribution in [0.1, 0.15) is 32.1 Å². The first-order valence-electron chi connectivity index (χ1n) is 5.70. The van der Waals surface area contributed by atoms with Gasteiger partial charge >= 0.3 is 0 Å². The molecule has 1 saturated carbocycles. The van der Waals surface area contributed by atoms with Crippen LogP contribution in [0, 0.1) is 5.92 Å². The van der Waals surface area contributed by atoms with Gasteiger partial charge in [-0.3, -0.25) is 0 Å². The lowest BCUT2D eigenvalue weighted by atomic mass is 9.75. The third-order valence-electron chi connectivity index (χ3n) is 4.01. The Hall–Kier alpha value is -0.0800. The summed E-state index contributed by atoms with van der Waals surface area (Å²) in [7, 11) is 4.43. The molecule has 0 radical (unpaired) electrons. The monoisotopic (exact) mass is 182 g/mol. The number of nitrogens with one attached hydrogen (secondary N) is 1. The van der Waals surface area contributed by atoms with Crippen LogP contribution in [0.25, 0.3) is 0 Å². The van der Waals surface area contributed by atoms with Crippen LogP contribution in [0.5, 0.6) is 0 Å². The predicted molar refractivity (Wildman–Crippen MR) is 55.8 cm³/mol. The van der Waals surface area contributed by atoms with Crippen LogP contribution in [-0.2, 0) is 0 Å². The van der Waals surface area contributed by atoms with Crippen molar-refractivity contribution in [3.05, 3.63) is 0 Å². The smallest absolute Gasteiger partial charge is 0.0135 e. The minimum Gasteiger partial charge on any atom is -0.317 e. The van der Waals surface area contributed by atoms with Crippen LogP contribution in [0.3, 0.4) is 0 Å². The van der Waals surface area contributed by atoms with Crippen LogP contribution < -0.4 is 5.32 Å². The van der Waals surface area contributed by atoms with E-state index in [1.165, 1.54) is 38.6 Å². The Morgan fingerprint density at radius 2 is 2.00 bits per heavy atom. The average molecular weight is 182 g/mol. The van der Waals surface area contributed by atoms with Gasteiger partial charge in [0.25, 0.3) is 0 Å². The molecule has 76 valence electrons. The number of hydrogen-bond acceptors (Lipinski definition) is 2. The van der Waals surface area contributed by atoms with E-state index in [0.717, 1.165) is 18.0 Å². The second-order valence-electron chi connectivity index (χ2n) is 4.68. The summed E-state index contributed by atoms with van der Waals surface area (Å²) in [6, 6.07) is 1.67. The molecule has 0 bridgehead atoms. The largest absolute Gasteiger partial charge is 0.317 e. The predicted octanol–water partition coefficient (Wildman–Crippen LogP) is 1.47. The normalized spacial score (nSPS) is 41.5. The summed E-state index contributed by atoms with van der Waals surface area (Å²) in [5.74, 6) is 0.928. The number of hydrogen-bond donors (Lipinski definition) is 1. The fourth-order valence-electron chi connectivity index (χ4n) is 3.28. The molecule has 1 aliphatic heterocycles. The van der Waals surface area contributed by atoms with E-state index in [1.807, 2.05) is 0 Å². The standard InChI is InChI=1S/C11H22N2/c1-12-10-6-3-7-11-9(10)5-4-8-13(11)2/h9-12H,3-8H2,1-2H3/t9-,10-,11+/m1/s1. The molecule has 2 aliphatic rings. The molecule has 0 aromatic rings. The van der Waals surface area contributed by atoms with Gasteiger partial charge in [0.15, 0.2) is 0 Å². The maximum atomic E-state index is 3.50. The molecule has 2 rings (SSSR count). The van der Waals surface area contributed by atoms with Crippen LogP contribution >= 0.6 is 0 Å². The second kappa shape index (κ2) is 3.97. The quantitative estimate of drug-likeness (QED) is 0.660. The van der Waals surface area contributed by atoms with Gasteiger partial charge in [0.2, 0.25) is 0 Å². The van der Waals surface area contributed by atoms with Crippen molar-refractivity contribution < 1.29 is 0 Å². The molecule has 2 fully saturated rings. The number of piperidine rings is 1. The van der Waals surface area contributed by atoms with Gasteiger partial charge in [0, 0.05) is 12.1 Å². The zero-order chi connectivity index (χ0) is 9.26. The minimum absolute atomic E-state index is 0.793. The number of fused-ring (bicyclic) bond motifs is 1. The van der Waals surface area contributed by atoms with Crippen molar-refractivity contribution in [2.45, 2.75) is 44.2 Å². The summed E-state index contributed by atoms with van der Waals surface area (Å²) >= 11 is 0. The van der Waals surface area contributed by atoms with Gasteiger partial charge in [-0.05, 0) is 52.2 Å². The Balaban J connectivity index is 2.05. The summed E-state index contributed by atoms with van der Waals surface area (Å²) in [6.07, 6.45) is 7.08. The zero-order valence-electron chi connectivity index (χ0n) is 8.92. The van der Waals surface area contributed by atoms with Crippen molar-refractivity contribution in [3.63, 3.8) is 0 Å². The van der Waals surface area contributed by atoms with E-state index in [2.05, 4.69) is 24.3 Å². The Bertz CT molecular complexity index is 169. The van der Waals surface area contributed by atoms with Crippen molar-refractivity contribution in [2.24, 2.45) is 5.92 Å². The van der Waals surface area contributed by atoms with Gasteiger partial charge in [-0.2, -0.15) is 0 Å². The highest BCUT2D eigenvalue weighted by molar-refractivity contribution is 4.93. The van der Waals surface area contributed by atoms with Crippen molar-refractivity contribution in [2.75, 3.05) is 20.6 Å². The molecule has 1 N–H and O–H groups in total. The summed E-state index contributed by atoms with van der Waals surface area (Å²) in [6.45, 7) is 1.32. The number of rotatable bonds is 1. The lowest BCUT2D eigenvalue weighted by Gasteiger charge is -2.46. The van der Waals surface area contributed by atoms with Gasteiger partial charge in [-0.1, -0.05) is 6.42 Å². The molecular weight excluding hydrogens is 160 g/mol. The second-order valence-corrected chi connectivity index (χ2v) is 4.68. The third-order valence-corrected chi connectivity index (χ3v) is 4.01. The maximum absolute atomic E-state index is 3.50. The first-order valence-corrected chi connectivity index (χ1v) is 5.70. The molecule has 0 aromatic heterocycles. The lowest BCUT2D eigenvalue weighted by Crippen LogP contribution is -2.52. The fourth-order valence-corrected chi connectivity index (χ4v) is 3.28. The van der Waals surface area contributed by atoms with Gasteiger partial charge in [0.05, 0.1) is 0 Å². The molecule has 2 nitrogen and oxygen atoms in total. The first-order chi connectivity index (χ1) is 6.33. The average Bonchev–Trinajstić information content (AvgIpc) is 2.18. The zero-order valence-corrected chi connectivity index (χ0v) is 8.92. The summed E-state index contributed by atoms with van der Waals surface area (Å²) < 4.78 is 0. The van der Waals surface area contributed by atoms with Gasteiger partial charge in [-0.25, -0.2) is 0 Å². The molecule has 3 atom stereocenters. The Labute approximate surface area is 81.7 Å². The number of nitrogens with zero attached hydrogens (tertiary/aromatic N) is 1. The third kappa shape index (κ3) is 1.75. The summed E-state index contributed by atoms with van der Waals surface area (Å²) in [5, 5.41) is 3.50. The Morgan fingerprint density at radius 1 is 1.15 bits per heavy atom. The molecule has 0 spiro atoms. The molecule has 2 heteroatoms. The van der Waals surface area contributed by atoms with Crippen molar-refractivity contribution in [1.29, 1.82) is 0 Å². The molecule has 1 aliphatic carbocycles. The molecule has 0 unspecified atom stereocenters. The summed E-state index contributed by atoms with van der Waals surface area (Å²) in [5.41, 5.74) is 0. The van der Waals surface area contributed by atoms with Crippen molar-refractivity contribution in [3.8, 4) is 0 Å². The molecule has 0 amide bonds. The molecule has 13 heavy (non-hydrogen) atoms. The molecule has 1 heterocycles. The van der Waals surface area contributed by atoms with Crippen molar-refractivity contribution >= 4 is 0 Å². The van der Waals surface area contributed by atoms with Crippen molar-refractivity contribution in [1.82, 2.24) is 10.2 Å². The van der Waals surface area contributed by atoms with E-state index in [4.69, 9.17) is 0 Å². The van der Waals surface area contributed by atoms with E-state index in [-0.39, 0.29) is 0 Å². The maximum Gasteiger partial charge on any atom is 0.0135 e. The van der Waals surface area contributed by atoms with Gasteiger partial charge < -0.3 is 10.2 Å². The summed E-state index contributed by atoms with van der Waals surface area (Å²) in [4.78, 5) is 2.58. The Kier molecular flexibility index (Phi) is 2.89. The topological polar surface area (TPSA) is 15.3 Å². The van der Waals surface area contributed by atoms with Crippen LogP contribution in [0.4, 0.5) is 0 Å². The minimum atomic E-state index is 0.793. The van der Waals surface area contributed by atoms with Gasteiger partial charge in [-0.15, -0.1) is 0 Å². The Morgan fingerprint density at radius 3 is 2.77 bits per heavy atom. The van der Waals surface area contributed by atoms with Crippen LogP contribution in [0.2, 0.25) is 0 Å². The molecule has 1 saturated heterocycles. The SMILES string of the molecule is CN[C@@H]1CCC[C@H]2[C@@H]1CCCN2C. The van der Waals surface area contributed by atoms with Crippen LogP contribution in [-0.4, -0.2) is 37.6 Å². The highest BCUT2D eigenvalue weighted by atomic mass is 15.1.